The molecule has 1 amide bonds. The maximum Gasteiger partial charge on any atom is 0.333 e. The first-order chi connectivity index (χ1) is 11.9. The first-order valence-corrected chi connectivity index (χ1v) is 7.89. The van der Waals surface area contributed by atoms with E-state index in [2.05, 4.69) is 15.3 Å². The number of nitrogens with one attached hydrogen (secondary N) is 1. The summed E-state index contributed by atoms with van der Waals surface area (Å²) in [5.41, 5.74) is 2.56. The zero-order chi connectivity index (χ0) is 18.4. The molecular weight excluding hydrogens is 322 g/mol. The largest absolute Gasteiger partial charge is 0.479 e. The van der Waals surface area contributed by atoms with Crippen LogP contribution in [0.5, 0.6) is 0 Å². The van der Waals surface area contributed by atoms with Crippen molar-refractivity contribution in [1.82, 2.24) is 9.97 Å². The summed E-state index contributed by atoms with van der Waals surface area (Å²) in [5.74, 6) is -1.23. The lowest BCUT2D eigenvalue weighted by atomic mass is 10.1. The summed E-state index contributed by atoms with van der Waals surface area (Å²) in [6.45, 7) is 5.30. The van der Waals surface area contributed by atoms with Crippen molar-refractivity contribution in [2.45, 2.75) is 39.4 Å². The molecule has 0 bridgehead atoms. The van der Waals surface area contributed by atoms with Gasteiger partial charge in [-0.1, -0.05) is 18.2 Å². The number of para-hydroxylation sites is 1. The molecule has 0 aliphatic rings. The molecule has 0 radical (unpaired) electrons. The Bertz CT molecular complexity index is 729. The average Bonchev–Trinajstić information content (AvgIpc) is 2.58. The summed E-state index contributed by atoms with van der Waals surface area (Å²) in [5, 5.41) is 12.1. The van der Waals surface area contributed by atoms with Crippen LogP contribution in [0.4, 0.5) is 5.69 Å². The Hall–Kier alpha value is -2.80. The number of hydrogen-bond donors (Lipinski definition) is 2. The normalized spacial score (nSPS) is 13.1. The zero-order valence-electron chi connectivity index (χ0n) is 14.4. The second-order valence-corrected chi connectivity index (χ2v) is 5.73. The molecular formula is C18H21N3O4. The Morgan fingerprint density at radius 1 is 1.16 bits per heavy atom. The van der Waals surface area contributed by atoms with Crippen molar-refractivity contribution in [3.05, 3.63) is 53.6 Å². The number of rotatable bonds is 7. The van der Waals surface area contributed by atoms with Crippen molar-refractivity contribution < 1.29 is 19.4 Å². The smallest absolute Gasteiger partial charge is 0.333 e. The van der Waals surface area contributed by atoms with E-state index in [0.29, 0.717) is 11.5 Å². The van der Waals surface area contributed by atoms with Gasteiger partial charge >= 0.3 is 5.97 Å². The fourth-order valence-electron chi connectivity index (χ4n) is 2.34. The average molecular weight is 343 g/mol. The number of aryl methyl sites for hydroxylation is 2. The number of carbonyl (C=O) groups is 2. The summed E-state index contributed by atoms with van der Waals surface area (Å²) < 4.78 is 5.44. The third-order valence-electron chi connectivity index (χ3n) is 3.73. The molecule has 2 atom stereocenters. The monoisotopic (exact) mass is 343 g/mol. The Labute approximate surface area is 146 Å². The van der Waals surface area contributed by atoms with Crippen LogP contribution in [0.25, 0.3) is 0 Å². The van der Waals surface area contributed by atoms with Crippen LogP contribution in [0.15, 0.2) is 36.7 Å². The highest BCUT2D eigenvalue weighted by atomic mass is 16.5. The van der Waals surface area contributed by atoms with Crippen LogP contribution >= 0.6 is 0 Å². The predicted octanol–water partition coefficient (Wildman–Crippen LogP) is 2.13. The van der Waals surface area contributed by atoms with Gasteiger partial charge in [-0.05, 0) is 38.0 Å². The summed E-state index contributed by atoms with van der Waals surface area (Å²) in [7, 11) is 0. The lowest BCUT2D eigenvalue weighted by molar-refractivity contribution is -0.156. The molecule has 1 aromatic carbocycles. The van der Waals surface area contributed by atoms with Crippen LogP contribution in [0.2, 0.25) is 0 Å². The minimum absolute atomic E-state index is 0.0167. The fraction of sp³-hybridized carbons (Fsp3) is 0.333. The van der Waals surface area contributed by atoms with Gasteiger partial charge in [-0.15, -0.1) is 0 Å². The maximum absolute atomic E-state index is 12.4. The molecule has 0 spiro atoms. The van der Waals surface area contributed by atoms with Crippen LogP contribution in [0, 0.1) is 13.8 Å². The van der Waals surface area contributed by atoms with Crippen LogP contribution < -0.4 is 5.32 Å². The molecule has 25 heavy (non-hydrogen) atoms. The molecule has 7 heteroatoms. The van der Waals surface area contributed by atoms with Crippen molar-refractivity contribution in [2.75, 3.05) is 5.32 Å². The fourth-order valence-corrected chi connectivity index (χ4v) is 2.34. The molecule has 0 saturated heterocycles. The minimum Gasteiger partial charge on any atom is -0.479 e. The molecule has 0 saturated carbocycles. The maximum atomic E-state index is 12.4. The van der Waals surface area contributed by atoms with Crippen LogP contribution in [0.1, 0.15) is 23.9 Å². The van der Waals surface area contributed by atoms with Gasteiger partial charge in [0, 0.05) is 24.5 Å². The van der Waals surface area contributed by atoms with Crippen molar-refractivity contribution in [3.8, 4) is 0 Å². The number of ether oxygens (including phenoxy) is 1. The standard InChI is InChI=1S/C18H21N3O4/c1-11-6-4-7-12(2)16(11)21-17(22)13(3)25-14(18(23)24)10-15-19-8-5-9-20-15/h4-9,13-14H,10H2,1-3H3,(H,21,22)(H,23,24). The summed E-state index contributed by atoms with van der Waals surface area (Å²) in [4.78, 5) is 31.8. The van der Waals surface area contributed by atoms with E-state index in [1.807, 2.05) is 32.0 Å². The highest BCUT2D eigenvalue weighted by molar-refractivity contribution is 5.95. The van der Waals surface area contributed by atoms with Crippen molar-refractivity contribution >= 4 is 17.6 Å². The number of amides is 1. The summed E-state index contributed by atoms with van der Waals surface area (Å²) >= 11 is 0. The Morgan fingerprint density at radius 3 is 2.32 bits per heavy atom. The van der Waals surface area contributed by atoms with Gasteiger partial charge in [0.25, 0.3) is 5.91 Å². The van der Waals surface area contributed by atoms with Crippen molar-refractivity contribution in [2.24, 2.45) is 0 Å². The van der Waals surface area contributed by atoms with E-state index >= 15 is 0 Å². The molecule has 0 fully saturated rings. The van der Waals surface area contributed by atoms with Gasteiger partial charge in [-0.25, -0.2) is 14.8 Å². The van der Waals surface area contributed by atoms with Crippen molar-refractivity contribution in [3.63, 3.8) is 0 Å². The van der Waals surface area contributed by atoms with E-state index < -0.39 is 24.1 Å². The second kappa shape index (κ2) is 8.34. The van der Waals surface area contributed by atoms with E-state index in [9.17, 15) is 14.7 Å². The van der Waals surface area contributed by atoms with Crippen LogP contribution in [-0.4, -0.2) is 39.2 Å². The molecule has 2 rings (SSSR count). The van der Waals surface area contributed by atoms with Crippen LogP contribution in [0.3, 0.4) is 0 Å². The Balaban J connectivity index is 2.04. The molecule has 1 heterocycles. The lowest BCUT2D eigenvalue weighted by Crippen LogP contribution is -2.37. The van der Waals surface area contributed by atoms with Gasteiger partial charge in [0.2, 0.25) is 0 Å². The van der Waals surface area contributed by atoms with Gasteiger partial charge in [-0.2, -0.15) is 0 Å². The van der Waals surface area contributed by atoms with Crippen molar-refractivity contribution in [1.29, 1.82) is 0 Å². The molecule has 2 N–H and O–H groups in total. The SMILES string of the molecule is Cc1cccc(C)c1NC(=O)C(C)OC(Cc1ncccn1)C(=O)O. The number of aliphatic carboxylic acids is 1. The Kier molecular flexibility index (Phi) is 6.19. The molecule has 7 nitrogen and oxygen atoms in total. The van der Waals surface area contributed by atoms with E-state index in [4.69, 9.17) is 4.74 Å². The van der Waals surface area contributed by atoms with Crippen LogP contribution in [-0.2, 0) is 20.7 Å². The molecule has 0 aliphatic heterocycles. The second-order valence-electron chi connectivity index (χ2n) is 5.73. The third kappa shape index (κ3) is 5.09. The number of carboxylic acid groups (broad SMARTS) is 1. The minimum atomic E-state index is -1.21. The highest BCUT2D eigenvalue weighted by Crippen LogP contribution is 2.20. The molecule has 2 unspecified atom stereocenters. The third-order valence-corrected chi connectivity index (χ3v) is 3.73. The number of anilines is 1. The first-order valence-electron chi connectivity index (χ1n) is 7.89. The predicted molar refractivity (Wildman–Crippen MR) is 92.3 cm³/mol. The number of nitrogens with zero attached hydrogens (tertiary/aromatic N) is 2. The molecule has 1 aromatic heterocycles. The summed E-state index contributed by atoms with van der Waals surface area (Å²) in [6, 6.07) is 7.32. The van der Waals surface area contributed by atoms with E-state index in [0.717, 1.165) is 11.1 Å². The number of carbonyl (C=O) groups excluding carboxylic acids is 1. The summed E-state index contributed by atoms with van der Waals surface area (Å²) in [6.07, 6.45) is 0.887. The molecule has 0 aliphatic carbocycles. The van der Waals surface area contributed by atoms with E-state index in [-0.39, 0.29) is 6.42 Å². The van der Waals surface area contributed by atoms with Gasteiger partial charge in [0.15, 0.2) is 6.10 Å². The van der Waals surface area contributed by atoms with Gasteiger partial charge in [-0.3, -0.25) is 4.79 Å². The Morgan fingerprint density at radius 2 is 1.76 bits per heavy atom. The number of benzene rings is 1. The molecule has 2 aromatic rings. The quantitative estimate of drug-likeness (QED) is 0.798. The lowest BCUT2D eigenvalue weighted by Gasteiger charge is -2.19. The number of carboxylic acids is 1. The van der Waals surface area contributed by atoms with E-state index in [1.54, 1.807) is 6.07 Å². The zero-order valence-corrected chi connectivity index (χ0v) is 14.4. The van der Waals surface area contributed by atoms with Gasteiger partial charge in [0.1, 0.15) is 11.9 Å². The van der Waals surface area contributed by atoms with Gasteiger partial charge < -0.3 is 15.2 Å². The van der Waals surface area contributed by atoms with E-state index in [1.165, 1.54) is 19.3 Å². The number of aromatic nitrogens is 2. The van der Waals surface area contributed by atoms with Gasteiger partial charge in [0.05, 0.1) is 0 Å². The highest BCUT2D eigenvalue weighted by Gasteiger charge is 2.26. The topological polar surface area (TPSA) is 101 Å². The number of hydrogen-bond acceptors (Lipinski definition) is 5. The first kappa shape index (κ1) is 18.5. The molecule has 132 valence electrons.